The number of fused-ring (bicyclic) bond motifs is 1. The number of ether oxygens (including phenoxy) is 1. The molecule has 1 amide bonds. The molecule has 3 heterocycles. The van der Waals surface area contributed by atoms with Crippen molar-refractivity contribution in [3.8, 4) is 5.75 Å². The highest BCUT2D eigenvalue weighted by atomic mass is 16.5. The van der Waals surface area contributed by atoms with E-state index < -0.39 is 0 Å². The zero-order chi connectivity index (χ0) is 19.3. The van der Waals surface area contributed by atoms with Gasteiger partial charge in [0.05, 0.1) is 24.9 Å². The molecule has 1 atom stereocenters. The van der Waals surface area contributed by atoms with Crippen molar-refractivity contribution in [3.63, 3.8) is 0 Å². The van der Waals surface area contributed by atoms with Crippen LogP contribution in [0.2, 0.25) is 0 Å². The van der Waals surface area contributed by atoms with Crippen LogP contribution >= 0.6 is 0 Å². The van der Waals surface area contributed by atoms with E-state index in [-0.39, 0.29) is 11.8 Å². The molecule has 7 nitrogen and oxygen atoms in total. The van der Waals surface area contributed by atoms with Gasteiger partial charge < -0.3 is 15.0 Å². The molecular formula is C21H23N5O2. The van der Waals surface area contributed by atoms with Gasteiger partial charge in [-0.05, 0) is 36.6 Å². The summed E-state index contributed by atoms with van der Waals surface area (Å²) in [7, 11) is 1.64. The van der Waals surface area contributed by atoms with E-state index >= 15 is 0 Å². The van der Waals surface area contributed by atoms with Crippen LogP contribution < -0.4 is 15.0 Å². The van der Waals surface area contributed by atoms with E-state index in [1.165, 1.54) is 0 Å². The summed E-state index contributed by atoms with van der Waals surface area (Å²) >= 11 is 0. The number of methoxy groups -OCH3 is 1. The van der Waals surface area contributed by atoms with Crippen LogP contribution in [0.25, 0.3) is 11.2 Å². The minimum absolute atomic E-state index is 0.0445. The van der Waals surface area contributed by atoms with Gasteiger partial charge in [0.1, 0.15) is 11.3 Å². The predicted molar refractivity (Wildman–Crippen MR) is 107 cm³/mol. The van der Waals surface area contributed by atoms with Gasteiger partial charge in [0.25, 0.3) is 0 Å². The van der Waals surface area contributed by atoms with E-state index in [1.807, 2.05) is 36.5 Å². The molecule has 2 aromatic heterocycles. The third-order valence-electron chi connectivity index (χ3n) is 5.07. The number of anilines is 1. The molecule has 3 aromatic rings. The number of hydrogen-bond acceptors (Lipinski definition) is 6. The number of benzene rings is 1. The number of amides is 1. The van der Waals surface area contributed by atoms with Gasteiger partial charge in [0, 0.05) is 32.0 Å². The van der Waals surface area contributed by atoms with Gasteiger partial charge >= 0.3 is 0 Å². The Morgan fingerprint density at radius 3 is 3.04 bits per heavy atom. The summed E-state index contributed by atoms with van der Waals surface area (Å²) in [4.78, 5) is 27.8. The molecule has 144 valence electrons. The molecular weight excluding hydrogens is 354 g/mol. The highest BCUT2D eigenvalue weighted by Crippen LogP contribution is 2.24. The Bertz CT molecular complexity index is 978. The normalized spacial score (nSPS) is 16.8. The Morgan fingerprint density at radius 1 is 1.25 bits per heavy atom. The van der Waals surface area contributed by atoms with Crippen LogP contribution in [0.15, 0.2) is 48.9 Å². The molecule has 0 spiro atoms. The molecule has 0 radical (unpaired) electrons. The van der Waals surface area contributed by atoms with E-state index in [9.17, 15) is 4.79 Å². The highest BCUT2D eigenvalue weighted by Gasteiger charge is 2.26. The van der Waals surface area contributed by atoms with Crippen molar-refractivity contribution in [2.24, 2.45) is 5.92 Å². The van der Waals surface area contributed by atoms with Gasteiger partial charge in [0.15, 0.2) is 5.65 Å². The lowest BCUT2D eigenvalue weighted by Gasteiger charge is -2.33. The molecule has 1 saturated heterocycles. The second kappa shape index (κ2) is 8.21. The Balaban J connectivity index is 1.40. The molecule has 4 rings (SSSR count). The van der Waals surface area contributed by atoms with Crippen LogP contribution in [0.5, 0.6) is 5.75 Å². The van der Waals surface area contributed by atoms with Gasteiger partial charge in [-0.3, -0.25) is 9.78 Å². The largest absolute Gasteiger partial charge is 0.497 e. The first kappa shape index (κ1) is 18.2. The number of carbonyl (C=O) groups excluding carboxylic acids is 1. The SMILES string of the molecule is COc1cccc(CNC(=O)C2CCCN(c3cnc4nccnc4c3)C2)c1. The number of nitrogens with zero attached hydrogens (tertiary/aromatic N) is 4. The third-order valence-corrected chi connectivity index (χ3v) is 5.07. The first-order chi connectivity index (χ1) is 13.7. The topological polar surface area (TPSA) is 80.2 Å². The molecule has 1 unspecified atom stereocenters. The third kappa shape index (κ3) is 4.03. The minimum atomic E-state index is -0.0445. The summed E-state index contributed by atoms with van der Waals surface area (Å²) in [6.07, 6.45) is 6.97. The van der Waals surface area contributed by atoms with Crippen molar-refractivity contribution >= 4 is 22.8 Å². The lowest BCUT2D eigenvalue weighted by atomic mass is 9.96. The predicted octanol–water partition coefficient (Wildman–Crippen LogP) is 2.57. The maximum absolute atomic E-state index is 12.7. The lowest BCUT2D eigenvalue weighted by Crippen LogP contribution is -2.43. The zero-order valence-electron chi connectivity index (χ0n) is 15.8. The van der Waals surface area contributed by atoms with Crippen LogP contribution in [-0.2, 0) is 11.3 Å². The first-order valence-corrected chi connectivity index (χ1v) is 9.45. The van der Waals surface area contributed by atoms with E-state index in [0.29, 0.717) is 18.7 Å². The van der Waals surface area contributed by atoms with E-state index in [4.69, 9.17) is 4.74 Å². The standard InChI is InChI=1S/C21H23N5O2/c1-28-18-6-2-4-15(10-18)12-25-21(27)16-5-3-9-26(14-16)17-11-19-20(24-13-17)23-8-7-22-19/h2,4,6-8,10-11,13,16H,3,5,9,12,14H2,1H3,(H,25,27). The van der Waals surface area contributed by atoms with Crippen molar-refractivity contribution in [1.29, 1.82) is 0 Å². The van der Waals surface area contributed by atoms with E-state index in [1.54, 1.807) is 19.5 Å². The molecule has 1 aromatic carbocycles. The van der Waals surface area contributed by atoms with E-state index in [0.717, 1.165) is 41.9 Å². The summed E-state index contributed by atoms with van der Waals surface area (Å²) in [5.74, 6) is 0.834. The molecule has 1 N–H and O–H groups in total. The van der Waals surface area contributed by atoms with Gasteiger partial charge in [-0.25, -0.2) is 9.97 Å². The molecule has 1 aliphatic rings. The van der Waals surface area contributed by atoms with Crippen molar-refractivity contribution in [2.45, 2.75) is 19.4 Å². The maximum Gasteiger partial charge on any atom is 0.225 e. The number of aromatic nitrogens is 3. The fourth-order valence-electron chi connectivity index (χ4n) is 3.56. The molecule has 1 fully saturated rings. The Hall–Kier alpha value is -3.22. The first-order valence-electron chi connectivity index (χ1n) is 9.45. The Labute approximate surface area is 163 Å². The summed E-state index contributed by atoms with van der Waals surface area (Å²) in [5.41, 5.74) is 3.41. The number of piperidine rings is 1. The summed E-state index contributed by atoms with van der Waals surface area (Å²) in [6, 6.07) is 9.74. The monoisotopic (exact) mass is 377 g/mol. The van der Waals surface area contributed by atoms with Crippen LogP contribution in [0.1, 0.15) is 18.4 Å². The molecule has 0 saturated carbocycles. The average Bonchev–Trinajstić information content (AvgIpc) is 2.77. The van der Waals surface area contributed by atoms with Crippen LogP contribution in [0, 0.1) is 5.92 Å². The number of rotatable bonds is 5. The number of hydrogen-bond donors (Lipinski definition) is 1. The average molecular weight is 377 g/mol. The van der Waals surface area contributed by atoms with Crippen molar-refractivity contribution in [1.82, 2.24) is 20.3 Å². The molecule has 1 aliphatic heterocycles. The number of carbonyl (C=O) groups is 1. The maximum atomic E-state index is 12.7. The number of nitrogens with one attached hydrogen (secondary N) is 1. The van der Waals surface area contributed by atoms with Gasteiger partial charge in [-0.15, -0.1) is 0 Å². The molecule has 7 heteroatoms. The summed E-state index contributed by atoms with van der Waals surface area (Å²) in [5, 5.41) is 3.06. The second-order valence-corrected chi connectivity index (χ2v) is 6.95. The van der Waals surface area contributed by atoms with Gasteiger partial charge in [-0.1, -0.05) is 12.1 Å². The Morgan fingerprint density at radius 2 is 2.14 bits per heavy atom. The van der Waals surface area contributed by atoms with Gasteiger partial charge in [-0.2, -0.15) is 0 Å². The van der Waals surface area contributed by atoms with Gasteiger partial charge in [0.2, 0.25) is 5.91 Å². The van der Waals surface area contributed by atoms with Crippen molar-refractivity contribution in [2.75, 3.05) is 25.1 Å². The van der Waals surface area contributed by atoms with Crippen LogP contribution in [-0.4, -0.2) is 41.1 Å². The zero-order valence-corrected chi connectivity index (χ0v) is 15.8. The molecule has 28 heavy (non-hydrogen) atoms. The highest BCUT2D eigenvalue weighted by molar-refractivity contribution is 5.80. The smallest absolute Gasteiger partial charge is 0.225 e. The molecule has 0 bridgehead atoms. The lowest BCUT2D eigenvalue weighted by molar-refractivity contribution is -0.125. The summed E-state index contributed by atoms with van der Waals surface area (Å²) < 4.78 is 5.24. The summed E-state index contributed by atoms with van der Waals surface area (Å²) in [6.45, 7) is 2.09. The van der Waals surface area contributed by atoms with E-state index in [2.05, 4.69) is 25.2 Å². The second-order valence-electron chi connectivity index (χ2n) is 6.95. The van der Waals surface area contributed by atoms with Crippen molar-refractivity contribution in [3.05, 3.63) is 54.5 Å². The fourth-order valence-corrected chi connectivity index (χ4v) is 3.56. The minimum Gasteiger partial charge on any atom is -0.497 e. The van der Waals surface area contributed by atoms with Crippen LogP contribution in [0.4, 0.5) is 5.69 Å². The Kier molecular flexibility index (Phi) is 5.32. The fraction of sp³-hybridized carbons (Fsp3) is 0.333. The quantitative estimate of drug-likeness (QED) is 0.736. The van der Waals surface area contributed by atoms with Crippen molar-refractivity contribution < 1.29 is 9.53 Å². The number of pyridine rings is 1. The van der Waals surface area contributed by atoms with Crippen LogP contribution in [0.3, 0.4) is 0 Å². The molecule has 0 aliphatic carbocycles.